The molecule has 0 aliphatic carbocycles. The summed E-state index contributed by atoms with van der Waals surface area (Å²) >= 11 is 0. The van der Waals surface area contributed by atoms with Crippen molar-refractivity contribution in [2.45, 2.75) is 26.1 Å². The van der Waals surface area contributed by atoms with Gasteiger partial charge in [-0.05, 0) is 26.0 Å². The van der Waals surface area contributed by atoms with Crippen molar-refractivity contribution in [1.82, 2.24) is 9.78 Å². The molecule has 0 aliphatic heterocycles. The molecule has 5 heteroatoms. The predicted molar refractivity (Wildman–Crippen MR) is 47.7 cm³/mol. The first-order chi connectivity index (χ1) is 6.36. The van der Waals surface area contributed by atoms with Crippen LogP contribution < -0.4 is 0 Å². The fourth-order valence-corrected chi connectivity index (χ4v) is 1.11. The van der Waals surface area contributed by atoms with Gasteiger partial charge in [-0.2, -0.15) is 18.3 Å². The summed E-state index contributed by atoms with van der Waals surface area (Å²) in [5.41, 5.74) is -0.492. The fourth-order valence-electron chi connectivity index (χ4n) is 1.11. The number of halogens is 3. The molecule has 0 spiro atoms. The van der Waals surface area contributed by atoms with Crippen LogP contribution >= 0.6 is 0 Å². The summed E-state index contributed by atoms with van der Waals surface area (Å²) in [4.78, 5) is 0. The molecule has 0 fully saturated rings. The van der Waals surface area contributed by atoms with Crippen LogP contribution in [0.3, 0.4) is 0 Å². The predicted octanol–water partition coefficient (Wildman–Crippen LogP) is 3.13. The number of alkyl halides is 3. The highest BCUT2D eigenvalue weighted by Crippen LogP contribution is 2.29. The molecule has 78 valence electrons. The molecule has 0 bridgehead atoms. The molecule has 2 nitrogen and oxygen atoms in total. The number of hydrogen-bond donors (Lipinski definition) is 0. The lowest BCUT2D eigenvalue weighted by Gasteiger charge is -2.07. The zero-order valence-corrected chi connectivity index (χ0v) is 7.97. The van der Waals surface area contributed by atoms with Gasteiger partial charge in [-0.15, -0.1) is 0 Å². The molecule has 1 aromatic rings. The molecule has 1 heterocycles. The molecule has 1 rings (SSSR count). The Hall–Kier alpha value is -1.26. The number of hydrogen-bond acceptors (Lipinski definition) is 1. The molecule has 0 saturated carbocycles. The maximum Gasteiger partial charge on any atom is 0.435 e. The highest BCUT2D eigenvalue weighted by atomic mass is 19.4. The molecule has 0 amide bonds. The molecule has 0 radical (unpaired) electrons. The first-order valence-electron chi connectivity index (χ1n) is 4.15. The lowest BCUT2D eigenvalue weighted by molar-refractivity contribution is -0.141. The van der Waals surface area contributed by atoms with Crippen molar-refractivity contribution in [2.24, 2.45) is 0 Å². The van der Waals surface area contributed by atoms with Gasteiger partial charge >= 0.3 is 6.18 Å². The van der Waals surface area contributed by atoms with Gasteiger partial charge in [0.05, 0.1) is 5.69 Å². The van der Waals surface area contributed by atoms with Gasteiger partial charge in [0, 0.05) is 6.04 Å². The second kappa shape index (κ2) is 3.48. The number of rotatable bonds is 2. The Morgan fingerprint density at radius 3 is 2.36 bits per heavy atom. The molecule has 0 N–H and O–H groups in total. The number of nitrogens with zero attached hydrogens (tertiary/aromatic N) is 2. The van der Waals surface area contributed by atoms with Crippen LogP contribution in [0.2, 0.25) is 0 Å². The molecule has 0 atom stereocenters. The van der Waals surface area contributed by atoms with E-state index in [4.69, 9.17) is 0 Å². The third-order valence-electron chi connectivity index (χ3n) is 1.75. The molecule has 14 heavy (non-hydrogen) atoms. The summed E-state index contributed by atoms with van der Waals surface area (Å²) in [6.45, 7) is 6.97. The maximum absolute atomic E-state index is 12.3. The summed E-state index contributed by atoms with van der Waals surface area (Å²) in [6.07, 6.45) is -3.03. The monoisotopic (exact) mass is 204 g/mol. The number of aromatic nitrogens is 2. The lowest BCUT2D eigenvalue weighted by Crippen LogP contribution is -2.09. The Morgan fingerprint density at radius 2 is 2.07 bits per heavy atom. The van der Waals surface area contributed by atoms with Gasteiger partial charge in [-0.3, -0.25) is 4.68 Å². The second-order valence-electron chi connectivity index (χ2n) is 3.19. The normalized spacial score (nSPS) is 12.1. The standard InChI is InChI=1S/C9H11F3N2/c1-4-7-5-8(9(10,11)12)13-14(7)6(2)3/h4-6H,1H2,2-3H3. The topological polar surface area (TPSA) is 17.8 Å². The first kappa shape index (κ1) is 10.8. The summed E-state index contributed by atoms with van der Waals surface area (Å²) in [5, 5.41) is 3.47. The highest BCUT2D eigenvalue weighted by molar-refractivity contribution is 5.43. The van der Waals surface area contributed by atoms with Crippen molar-refractivity contribution in [3.63, 3.8) is 0 Å². The Labute approximate surface area is 80.0 Å². The summed E-state index contributed by atoms with van der Waals surface area (Å²) in [7, 11) is 0. The van der Waals surface area contributed by atoms with E-state index in [0.717, 1.165) is 6.07 Å². The molecular weight excluding hydrogens is 193 g/mol. The van der Waals surface area contributed by atoms with E-state index < -0.39 is 11.9 Å². The molecule has 1 aromatic heterocycles. The Bertz CT molecular complexity index is 336. The molecular formula is C9H11F3N2. The van der Waals surface area contributed by atoms with Crippen molar-refractivity contribution in [1.29, 1.82) is 0 Å². The minimum absolute atomic E-state index is 0.112. The zero-order valence-electron chi connectivity index (χ0n) is 7.97. The van der Waals surface area contributed by atoms with Crippen molar-refractivity contribution >= 4 is 6.08 Å². The van der Waals surface area contributed by atoms with Gasteiger partial charge in [0.1, 0.15) is 0 Å². The van der Waals surface area contributed by atoms with Crippen molar-refractivity contribution in [2.75, 3.05) is 0 Å². The molecule has 0 saturated heterocycles. The van der Waals surface area contributed by atoms with Crippen LogP contribution in [0.1, 0.15) is 31.3 Å². The third kappa shape index (κ3) is 1.97. The van der Waals surface area contributed by atoms with E-state index in [-0.39, 0.29) is 6.04 Å². The zero-order chi connectivity index (χ0) is 10.9. The van der Waals surface area contributed by atoms with Crippen LogP contribution in [0.15, 0.2) is 12.6 Å². The lowest BCUT2D eigenvalue weighted by atomic mass is 10.3. The second-order valence-corrected chi connectivity index (χ2v) is 3.19. The van der Waals surface area contributed by atoms with Gasteiger partial charge in [0.25, 0.3) is 0 Å². The van der Waals surface area contributed by atoms with E-state index in [1.54, 1.807) is 13.8 Å². The van der Waals surface area contributed by atoms with E-state index in [0.29, 0.717) is 5.69 Å². The summed E-state index contributed by atoms with van der Waals surface area (Å²) < 4.78 is 38.1. The van der Waals surface area contributed by atoms with Crippen molar-refractivity contribution in [3.05, 3.63) is 24.0 Å². The van der Waals surface area contributed by atoms with E-state index in [1.807, 2.05) is 0 Å². The van der Waals surface area contributed by atoms with Gasteiger partial charge in [0.2, 0.25) is 0 Å². The molecule has 0 aromatic carbocycles. The molecule has 0 aliphatic rings. The minimum atomic E-state index is -4.39. The van der Waals surface area contributed by atoms with Gasteiger partial charge in [-0.25, -0.2) is 0 Å². The van der Waals surface area contributed by atoms with E-state index in [2.05, 4.69) is 11.7 Å². The van der Waals surface area contributed by atoms with E-state index >= 15 is 0 Å². The van der Waals surface area contributed by atoms with E-state index in [9.17, 15) is 13.2 Å². The van der Waals surface area contributed by atoms with Crippen LogP contribution in [0, 0.1) is 0 Å². The van der Waals surface area contributed by atoms with Crippen LogP contribution in [-0.2, 0) is 6.18 Å². The Morgan fingerprint density at radius 1 is 1.50 bits per heavy atom. The largest absolute Gasteiger partial charge is 0.435 e. The highest BCUT2D eigenvalue weighted by Gasteiger charge is 2.34. The Kier molecular flexibility index (Phi) is 2.69. The SMILES string of the molecule is C=Cc1cc(C(F)(F)F)nn1C(C)C. The van der Waals surface area contributed by atoms with Crippen molar-refractivity contribution < 1.29 is 13.2 Å². The third-order valence-corrected chi connectivity index (χ3v) is 1.75. The van der Waals surface area contributed by atoms with Gasteiger partial charge in [0.15, 0.2) is 5.69 Å². The smallest absolute Gasteiger partial charge is 0.262 e. The van der Waals surface area contributed by atoms with Gasteiger partial charge in [-0.1, -0.05) is 6.58 Å². The summed E-state index contributed by atoms with van der Waals surface area (Å²) in [5.74, 6) is 0. The Balaban J connectivity index is 3.20. The first-order valence-corrected chi connectivity index (χ1v) is 4.15. The van der Waals surface area contributed by atoms with Crippen LogP contribution in [0.4, 0.5) is 13.2 Å². The maximum atomic E-state index is 12.3. The average Bonchev–Trinajstić information content (AvgIpc) is 2.45. The van der Waals surface area contributed by atoms with Gasteiger partial charge < -0.3 is 0 Å². The minimum Gasteiger partial charge on any atom is -0.262 e. The molecule has 0 unspecified atom stereocenters. The van der Waals surface area contributed by atoms with Crippen LogP contribution in [0.5, 0.6) is 0 Å². The summed E-state index contributed by atoms with van der Waals surface area (Å²) in [6, 6.07) is 0.881. The van der Waals surface area contributed by atoms with Crippen molar-refractivity contribution in [3.8, 4) is 0 Å². The quantitative estimate of drug-likeness (QED) is 0.723. The average molecular weight is 204 g/mol. The van der Waals surface area contributed by atoms with Crippen LogP contribution in [-0.4, -0.2) is 9.78 Å². The van der Waals surface area contributed by atoms with E-state index in [1.165, 1.54) is 10.8 Å². The fraction of sp³-hybridized carbons (Fsp3) is 0.444. The van der Waals surface area contributed by atoms with Crippen LogP contribution in [0.25, 0.3) is 6.08 Å².